The Labute approximate surface area is 108 Å². The molecule has 0 N–H and O–H groups in total. The molecule has 0 atom stereocenters. The normalized spacial score (nSPS) is 19.1. The second kappa shape index (κ2) is 4.81. The number of hydrogen-bond acceptors (Lipinski definition) is 2. The van der Waals surface area contributed by atoms with Crippen LogP contribution in [0.15, 0.2) is 53.8 Å². The number of hydrogen-bond donors (Lipinski definition) is 0. The van der Waals surface area contributed by atoms with E-state index in [1.165, 1.54) is 11.3 Å². The summed E-state index contributed by atoms with van der Waals surface area (Å²) in [6, 6.07) is 10.5. The fraction of sp³-hybridized carbons (Fsp3) is 0.312. The molecule has 0 saturated heterocycles. The van der Waals surface area contributed by atoms with Gasteiger partial charge in [-0.05, 0) is 18.4 Å². The van der Waals surface area contributed by atoms with Crippen LogP contribution in [0.25, 0.3) is 0 Å². The first-order chi connectivity index (χ1) is 8.84. The van der Waals surface area contributed by atoms with Gasteiger partial charge in [-0.25, -0.2) is 0 Å². The van der Waals surface area contributed by atoms with Crippen molar-refractivity contribution in [3.8, 4) is 0 Å². The van der Waals surface area contributed by atoms with Gasteiger partial charge < -0.3 is 4.90 Å². The van der Waals surface area contributed by atoms with Crippen LogP contribution in [-0.2, 0) is 11.3 Å². The summed E-state index contributed by atoms with van der Waals surface area (Å²) in [4.78, 5) is 14.2. The minimum atomic E-state index is 0.310. The quantitative estimate of drug-likeness (QED) is 0.790. The summed E-state index contributed by atoms with van der Waals surface area (Å²) >= 11 is 0. The maximum absolute atomic E-state index is 11.9. The minimum Gasteiger partial charge on any atom is -0.366 e. The van der Waals surface area contributed by atoms with Gasteiger partial charge in [0, 0.05) is 30.8 Å². The summed E-state index contributed by atoms with van der Waals surface area (Å²) in [6.45, 7) is 1.82. The highest BCUT2D eigenvalue weighted by molar-refractivity contribution is 5.99. The van der Waals surface area contributed by atoms with Gasteiger partial charge in [0.1, 0.15) is 0 Å². The lowest BCUT2D eigenvalue weighted by Crippen LogP contribution is -2.30. The number of benzene rings is 1. The Morgan fingerprint density at radius 2 is 1.94 bits per heavy atom. The molecular formula is C16H17NO. The van der Waals surface area contributed by atoms with Gasteiger partial charge in [-0.1, -0.05) is 42.5 Å². The second-order valence-electron chi connectivity index (χ2n) is 4.91. The Kier molecular flexibility index (Phi) is 3.01. The molecule has 1 heterocycles. The first kappa shape index (κ1) is 11.3. The van der Waals surface area contributed by atoms with Crippen LogP contribution >= 0.6 is 0 Å². The van der Waals surface area contributed by atoms with Crippen molar-refractivity contribution in [2.24, 2.45) is 0 Å². The smallest absolute Gasteiger partial charge is 0.164 e. The average molecular weight is 239 g/mol. The number of ketones is 1. The number of allylic oxidation sites excluding steroid dienone is 3. The molecular weight excluding hydrogens is 222 g/mol. The van der Waals surface area contributed by atoms with Gasteiger partial charge in [0.05, 0.1) is 0 Å². The Hall–Kier alpha value is -1.83. The van der Waals surface area contributed by atoms with E-state index >= 15 is 0 Å². The third-order valence-corrected chi connectivity index (χ3v) is 3.64. The molecule has 1 aromatic rings. The molecule has 1 aromatic carbocycles. The Morgan fingerprint density at radius 1 is 1.11 bits per heavy atom. The van der Waals surface area contributed by atoms with Crippen molar-refractivity contribution >= 4 is 5.78 Å². The predicted octanol–water partition coefficient (Wildman–Crippen LogP) is 3.07. The van der Waals surface area contributed by atoms with Gasteiger partial charge >= 0.3 is 0 Å². The molecule has 18 heavy (non-hydrogen) atoms. The van der Waals surface area contributed by atoms with Crippen LogP contribution in [-0.4, -0.2) is 17.2 Å². The van der Waals surface area contributed by atoms with E-state index in [4.69, 9.17) is 0 Å². The SMILES string of the molecule is O=C1CCCC2=C1C=CCN2Cc1ccccc1. The predicted molar refractivity (Wildman–Crippen MR) is 71.9 cm³/mol. The van der Waals surface area contributed by atoms with Crippen LogP contribution in [0.2, 0.25) is 0 Å². The molecule has 0 bridgehead atoms. The molecule has 0 unspecified atom stereocenters. The standard InChI is InChI=1S/C16H17NO/c18-16-10-4-9-15-14(16)8-5-11-17(15)12-13-6-2-1-3-7-13/h1-3,5-8H,4,9-12H2. The Morgan fingerprint density at radius 3 is 2.78 bits per heavy atom. The molecule has 0 radical (unpaired) electrons. The van der Waals surface area contributed by atoms with Gasteiger partial charge in [-0.2, -0.15) is 0 Å². The number of rotatable bonds is 2. The lowest BCUT2D eigenvalue weighted by molar-refractivity contribution is -0.116. The molecule has 92 valence electrons. The summed E-state index contributed by atoms with van der Waals surface area (Å²) < 4.78 is 0. The van der Waals surface area contributed by atoms with Crippen molar-refractivity contribution in [1.82, 2.24) is 4.90 Å². The molecule has 0 spiro atoms. The zero-order valence-electron chi connectivity index (χ0n) is 10.4. The molecule has 3 rings (SSSR count). The lowest BCUT2D eigenvalue weighted by Gasteiger charge is -2.33. The summed E-state index contributed by atoms with van der Waals surface area (Å²) in [7, 11) is 0. The van der Waals surface area contributed by atoms with Gasteiger partial charge in [-0.15, -0.1) is 0 Å². The van der Waals surface area contributed by atoms with Crippen LogP contribution in [0, 0.1) is 0 Å². The van der Waals surface area contributed by atoms with Crippen LogP contribution in [0.4, 0.5) is 0 Å². The van der Waals surface area contributed by atoms with Crippen molar-refractivity contribution in [2.45, 2.75) is 25.8 Å². The van der Waals surface area contributed by atoms with E-state index in [1.807, 2.05) is 12.1 Å². The molecule has 0 amide bonds. The molecule has 1 aliphatic carbocycles. The number of carbonyl (C=O) groups excluding carboxylic acids is 1. The summed E-state index contributed by atoms with van der Waals surface area (Å²) in [5.41, 5.74) is 3.50. The zero-order chi connectivity index (χ0) is 12.4. The second-order valence-corrected chi connectivity index (χ2v) is 4.91. The van der Waals surface area contributed by atoms with Crippen molar-refractivity contribution in [1.29, 1.82) is 0 Å². The van der Waals surface area contributed by atoms with E-state index in [-0.39, 0.29) is 0 Å². The Balaban J connectivity index is 1.85. The molecule has 2 heteroatoms. The third-order valence-electron chi connectivity index (χ3n) is 3.64. The monoisotopic (exact) mass is 239 g/mol. The minimum absolute atomic E-state index is 0.310. The molecule has 0 fully saturated rings. The fourth-order valence-electron chi connectivity index (χ4n) is 2.74. The largest absolute Gasteiger partial charge is 0.366 e. The van der Waals surface area contributed by atoms with E-state index in [2.05, 4.69) is 35.2 Å². The zero-order valence-corrected chi connectivity index (χ0v) is 10.4. The van der Waals surface area contributed by atoms with Crippen LogP contribution in [0.5, 0.6) is 0 Å². The van der Waals surface area contributed by atoms with Gasteiger partial charge in [-0.3, -0.25) is 4.79 Å². The van der Waals surface area contributed by atoms with E-state index in [1.54, 1.807) is 0 Å². The van der Waals surface area contributed by atoms with Crippen molar-refractivity contribution < 1.29 is 4.79 Å². The van der Waals surface area contributed by atoms with E-state index in [0.29, 0.717) is 12.2 Å². The number of Topliss-reactive ketones (excluding diaryl/α,β-unsaturated/α-hetero) is 1. The number of carbonyl (C=O) groups is 1. The maximum Gasteiger partial charge on any atom is 0.164 e. The topological polar surface area (TPSA) is 20.3 Å². The van der Waals surface area contributed by atoms with E-state index < -0.39 is 0 Å². The Bertz CT molecular complexity index is 513. The molecule has 2 aliphatic rings. The van der Waals surface area contributed by atoms with Gasteiger partial charge in [0.25, 0.3) is 0 Å². The highest BCUT2D eigenvalue weighted by Gasteiger charge is 2.24. The van der Waals surface area contributed by atoms with Crippen molar-refractivity contribution in [2.75, 3.05) is 6.54 Å². The summed E-state index contributed by atoms with van der Waals surface area (Å²) in [5.74, 6) is 0.310. The van der Waals surface area contributed by atoms with Crippen LogP contribution < -0.4 is 0 Å². The summed E-state index contributed by atoms with van der Waals surface area (Å²) in [5, 5.41) is 0. The average Bonchev–Trinajstić information content (AvgIpc) is 2.41. The summed E-state index contributed by atoms with van der Waals surface area (Å²) in [6.07, 6.45) is 6.86. The third kappa shape index (κ3) is 2.10. The molecule has 1 aliphatic heterocycles. The number of nitrogens with zero attached hydrogens (tertiary/aromatic N) is 1. The fourth-order valence-corrected chi connectivity index (χ4v) is 2.74. The molecule has 0 aromatic heterocycles. The molecule has 2 nitrogen and oxygen atoms in total. The molecule has 0 saturated carbocycles. The maximum atomic E-state index is 11.9. The van der Waals surface area contributed by atoms with E-state index in [0.717, 1.165) is 31.5 Å². The first-order valence-corrected chi connectivity index (χ1v) is 6.56. The highest BCUT2D eigenvalue weighted by Crippen LogP contribution is 2.29. The van der Waals surface area contributed by atoms with Crippen LogP contribution in [0.3, 0.4) is 0 Å². The van der Waals surface area contributed by atoms with Crippen LogP contribution in [0.1, 0.15) is 24.8 Å². The van der Waals surface area contributed by atoms with E-state index in [9.17, 15) is 4.79 Å². The first-order valence-electron chi connectivity index (χ1n) is 6.56. The van der Waals surface area contributed by atoms with Gasteiger partial charge in [0.15, 0.2) is 5.78 Å². The van der Waals surface area contributed by atoms with Crippen molar-refractivity contribution in [3.05, 3.63) is 59.3 Å². The van der Waals surface area contributed by atoms with Crippen molar-refractivity contribution in [3.63, 3.8) is 0 Å². The highest BCUT2D eigenvalue weighted by atomic mass is 16.1. The van der Waals surface area contributed by atoms with Gasteiger partial charge in [0.2, 0.25) is 0 Å². The lowest BCUT2D eigenvalue weighted by atomic mass is 9.91.